The van der Waals surface area contributed by atoms with Crippen LogP contribution in [0.5, 0.6) is 0 Å². The molecule has 1 radical (unpaired) electrons. The fourth-order valence-electron chi connectivity index (χ4n) is 0.525. The van der Waals surface area contributed by atoms with Crippen molar-refractivity contribution in [2.45, 2.75) is 6.18 Å². The first-order valence-electron chi connectivity index (χ1n) is 2.60. The van der Waals surface area contributed by atoms with Crippen molar-refractivity contribution in [2.24, 2.45) is 0 Å². The number of aromatic nitrogens is 1. The van der Waals surface area contributed by atoms with Crippen LogP contribution in [0.1, 0.15) is 5.56 Å². The quantitative estimate of drug-likeness (QED) is 0.661. The van der Waals surface area contributed by atoms with Gasteiger partial charge < -0.3 is 0 Å². The van der Waals surface area contributed by atoms with Gasteiger partial charge in [0.05, 0.1) is 5.56 Å². The van der Waals surface area contributed by atoms with Gasteiger partial charge in [0.25, 0.3) is 0 Å². The van der Waals surface area contributed by atoms with Crippen LogP contribution >= 0.6 is 22.6 Å². The highest BCUT2D eigenvalue weighted by molar-refractivity contribution is 14.1. The van der Waals surface area contributed by atoms with Gasteiger partial charge in [0.2, 0.25) is 0 Å². The fraction of sp³-hybridized carbons (Fsp3) is 0.167. The van der Waals surface area contributed by atoms with E-state index in [1.165, 1.54) is 0 Å². The number of halogens is 4. The Morgan fingerprint density at radius 1 is 1.45 bits per heavy atom. The summed E-state index contributed by atoms with van der Waals surface area (Å²) in [6.45, 7) is 0. The van der Waals surface area contributed by atoms with Gasteiger partial charge in [-0.25, -0.2) is 0 Å². The lowest BCUT2D eigenvalue weighted by molar-refractivity contribution is -0.137. The van der Waals surface area contributed by atoms with Crippen LogP contribution < -0.4 is 0 Å². The predicted molar refractivity (Wildman–Crippen MR) is 40.8 cm³/mol. The Balaban J connectivity index is 3.06. The van der Waals surface area contributed by atoms with Crippen molar-refractivity contribution in [3.05, 3.63) is 27.6 Å². The molecule has 0 aliphatic rings. The molecule has 1 nitrogen and oxygen atoms in total. The van der Waals surface area contributed by atoms with Gasteiger partial charge in [0, 0.05) is 9.77 Å². The molecule has 0 unspecified atom stereocenters. The first-order valence-corrected chi connectivity index (χ1v) is 3.68. The lowest BCUT2D eigenvalue weighted by Gasteiger charge is -2.04. The molecule has 0 aromatic carbocycles. The van der Waals surface area contributed by atoms with Crippen molar-refractivity contribution in [3.63, 3.8) is 0 Å². The van der Waals surface area contributed by atoms with Gasteiger partial charge in [0.15, 0.2) is 0 Å². The van der Waals surface area contributed by atoms with Crippen LogP contribution in [0.2, 0.25) is 0 Å². The van der Waals surface area contributed by atoms with Crippen molar-refractivity contribution >= 4 is 22.6 Å². The summed E-state index contributed by atoms with van der Waals surface area (Å²) in [7, 11) is 0. The Kier molecular flexibility index (Phi) is 2.36. The summed E-state index contributed by atoms with van der Waals surface area (Å²) in [5, 5.41) is 0. The lowest BCUT2D eigenvalue weighted by Crippen LogP contribution is -2.05. The van der Waals surface area contributed by atoms with Crippen molar-refractivity contribution in [1.29, 1.82) is 0 Å². The number of alkyl halides is 3. The van der Waals surface area contributed by atoms with Crippen LogP contribution in [-0.2, 0) is 6.18 Å². The van der Waals surface area contributed by atoms with Gasteiger partial charge in [-0.05, 0) is 28.7 Å². The average molecular weight is 272 g/mol. The van der Waals surface area contributed by atoms with Gasteiger partial charge >= 0.3 is 6.18 Å². The molecule has 1 rings (SSSR count). The number of nitrogens with zero attached hydrogens (tertiary/aromatic N) is 1. The highest BCUT2D eigenvalue weighted by atomic mass is 127. The molecule has 0 spiro atoms. The first kappa shape index (κ1) is 8.76. The summed E-state index contributed by atoms with van der Waals surface area (Å²) in [6.07, 6.45) is -1.17. The molecular weight excluding hydrogens is 270 g/mol. The average Bonchev–Trinajstić information content (AvgIpc) is 1.86. The van der Waals surface area contributed by atoms with Crippen LogP contribution in [0, 0.1) is 9.77 Å². The second-order valence-electron chi connectivity index (χ2n) is 1.82. The first-order chi connectivity index (χ1) is 5.00. The predicted octanol–water partition coefficient (Wildman–Crippen LogP) is 2.51. The summed E-state index contributed by atoms with van der Waals surface area (Å²) in [5.74, 6) is 0. The molecule has 1 heterocycles. The van der Waals surface area contributed by atoms with Crippen molar-refractivity contribution < 1.29 is 13.2 Å². The second-order valence-corrected chi connectivity index (χ2v) is 2.98. The molecule has 0 amide bonds. The number of rotatable bonds is 0. The number of hydrogen-bond donors (Lipinski definition) is 0. The Bertz CT molecular complexity index is 258. The van der Waals surface area contributed by atoms with Gasteiger partial charge in [-0.2, -0.15) is 13.2 Å². The third kappa shape index (κ3) is 2.32. The van der Waals surface area contributed by atoms with E-state index in [1.807, 2.05) is 0 Å². The largest absolute Gasteiger partial charge is 0.417 e. The molecule has 5 heteroatoms. The zero-order valence-electron chi connectivity index (χ0n) is 5.11. The van der Waals surface area contributed by atoms with Gasteiger partial charge in [-0.1, -0.05) is 0 Å². The SMILES string of the molecule is FC(F)(F)c1cn[c]c(I)c1. The molecular formula is C6H2F3IN. The van der Waals surface area contributed by atoms with E-state index < -0.39 is 11.7 Å². The second kappa shape index (κ2) is 2.96. The minimum absolute atomic E-state index is 0.359. The van der Waals surface area contributed by atoms with Crippen molar-refractivity contribution in [2.75, 3.05) is 0 Å². The number of hydrogen-bond acceptors (Lipinski definition) is 1. The van der Waals surface area contributed by atoms with Crippen LogP contribution in [0.15, 0.2) is 12.3 Å². The minimum Gasteiger partial charge on any atom is -0.253 e. The molecule has 1 aromatic rings. The van der Waals surface area contributed by atoms with E-state index >= 15 is 0 Å². The highest BCUT2D eigenvalue weighted by Gasteiger charge is 2.30. The van der Waals surface area contributed by atoms with E-state index in [9.17, 15) is 13.2 Å². The standard InChI is InChI=1S/C6H2F3IN/c7-6(8,9)4-1-5(10)3-11-2-4/h1-2H. The Morgan fingerprint density at radius 3 is 2.45 bits per heavy atom. The van der Waals surface area contributed by atoms with Crippen LogP contribution in [0.4, 0.5) is 13.2 Å². The summed E-state index contributed by atoms with van der Waals surface area (Å²) >= 11 is 1.73. The molecule has 0 saturated heterocycles. The van der Waals surface area contributed by atoms with Crippen LogP contribution in [-0.4, -0.2) is 4.98 Å². The molecule has 59 valence electrons. The van der Waals surface area contributed by atoms with Gasteiger partial charge in [-0.3, -0.25) is 4.98 Å². The number of pyridine rings is 1. The van der Waals surface area contributed by atoms with Crippen LogP contribution in [0.3, 0.4) is 0 Å². The van der Waals surface area contributed by atoms with Crippen LogP contribution in [0.25, 0.3) is 0 Å². The van der Waals surface area contributed by atoms with Crippen molar-refractivity contribution in [1.82, 2.24) is 4.98 Å². The normalized spacial score (nSPS) is 11.6. The van der Waals surface area contributed by atoms with E-state index in [-0.39, 0.29) is 0 Å². The lowest BCUT2D eigenvalue weighted by atomic mass is 10.3. The zero-order chi connectivity index (χ0) is 8.48. The molecule has 0 atom stereocenters. The van der Waals surface area contributed by atoms with E-state index in [2.05, 4.69) is 11.2 Å². The maximum Gasteiger partial charge on any atom is 0.417 e. The molecule has 1 aromatic heterocycles. The van der Waals surface area contributed by atoms with Gasteiger partial charge in [-0.15, -0.1) is 0 Å². The van der Waals surface area contributed by atoms with Gasteiger partial charge in [0.1, 0.15) is 6.20 Å². The van der Waals surface area contributed by atoms with E-state index in [0.29, 0.717) is 3.57 Å². The molecule has 0 N–H and O–H groups in total. The third-order valence-corrected chi connectivity index (χ3v) is 1.54. The zero-order valence-corrected chi connectivity index (χ0v) is 7.27. The molecule has 0 saturated carbocycles. The van der Waals surface area contributed by atoms with E-state index in [1.54, 1.807) is 22.6 Å². The van der Waals surface area contributed by atoms with E-state index in [0.717, 1.165) is 12.3 Å². The highest BCUT2D eigenvalue weighted by Crippen LogP contribution is 2.28. The minimum atomic E-state index is -4.30. The molecule has 0 aliphatic heterocycles. The van der Waals surface area contributed by atoms with E-state index in [4.69, 9.17) is 0 Å². The Labute approximate surface area is 74.8 Å². The summed E-state index contributed by atoms with van der Waals surface area (Å²) in [4.78, 5) is 3.30. The fourth-order valence-corrected chi connectivity index (χ4v) is 0.999. The maximum absolute atomic E-state index is 11.9. The molecule has 0 aliphatic carbocycles. The molecule has 0 bridgehead atoms. The summed E-state index contributed by atoms with van der Waals surface area (Å²) < 4.78 is 36.1. The summed E-state index contributed by atoms with van der Waals surface area (Å²) in [6, 6.07) is 0.994. The van der Waals surface area contributed by atoms with Crippen molar-refractivity contribution in [3.8, 4) is 0 Å². The Morgan fingerprint density at radius 2 is 2.09 bits per heavy atom. The summed E-state index contributed by atoms with van der Waals surface area (Å²) in [5.41, 5.74) is -0.736. The maximum atomic E-state index is 11.9. The Hall–Kier alpha value is -0.330. The monoisotopic (exact) mass is 272 g/mol. The topological polar surface area (TPSA) is 12.9 Å². The third-order valence-electron chi connectivity index (χ3n) is 0.985. The smallest absolute Gasteiger partial charge is 0.253 e. The molecule has 11 heavy (non-hydrogen) atoms. The molecule has 0 fully saturated rings.